The van der Waals surface area contributed by atoms with Crippen LogP contribution in [0.4, 0.5) is 4.79 Å². The van der Waals surface area contributed by atoms with Gasteiger partial charge in [-0.25, -0.2) is 4.79 Å². The molecule has 2 rings (SSSR count). The van der Waals surface area contributed by atoms with Gasteiger partial charge in [0, 0.05) is 11.6 Å². The van der Waals surface area contributed by atoms with Gasteiger partial charge in [0.05, 0.1) is 18.4 Å². The van der Waals surface area contributed by atoms with E-state index in [0.29, 0.717) is 0 Å². The van der Waals surface area contributed by atoms with Gasteiger partial charge in [0.2, 0.25) is 5.78 Å². The fourth-order valence-corrected chi connectivity index (χ4v) is 2.06. The molecular weight excluding hydrogens is 286 g/mol. The minimum Gasteiger partial charge on any atom is -0.496 e. The van der Waals surface area contributed by atoms with E-state index in [1.807, 2.05) is 0 Å². The number of allylic oxidation sites excluding steroid dienone is 2. The molecule has 6 heteroatoms. The zero-order chi connectivity index (χ0) is 16.5. The predicted molar refractivity (Wildman–Crippen MR) is 79.1 cm³/mol. The molecule has 1 amide bonds. The van der Waals surface area contributed by atoms with Crippen molar-refractivity contribution in [1.29, 1.82) is 0 Å². The molecule has 116 valence electrons. The number of nitrogens with one attached hydrogen (secondary N) is 1. The molecule has 0 spiro atoms. The summed E-state index contributed by atoms with van der Waals surface area (Å²) >= 11 is 0. The van der Waals surface area contributed by atoms with E-state index >= 15 is 0 Å². The van der Waals surface area contributed by atoms with Crippen LogP contribution in [-0.4, -0.2) is 30.4 Å². The molecule has 0 aromatic heterocycles. The molecule has 1 aliphatic carbocycles. The molecule has 0 saturated carbocycles. The summed E-state index contributed by atoms with van der Waals surface area (Å²) in [5.74, 6) is -0.579. The summed E-state index contributed by atoms with van der Waals surface area (Å²) in [6.07, 6.45) is 0.298. The van der Waals surface area contributed by atoms with Crippen LogP contribution >= 0.6 is 0 Å². The van der Waals surface area contributed by atoms with Crippen molar-refractivity contribution in [2.24, 2.45) is 0 Å². The largest absolute Gasteiger partial charge is 0.496 e. The Balaban J connectivity index is 2.31. The maximum absolute atomic E-state index is 12.5. The van der Waals surface area contributed by atoms with Crippen molar-refractivity contribution in [3.8, 4) is 5.75 Å². The van der Waals surface area contributed by atoms with E-state index in [0.717, 1.165) is 6.08 Å². The normalized spacial score (nSPS) is 14.1. The van der Waals surface area contributed by atoms with E-state index in [-0.39, 0.29) is 28.4 Å². The highest BCUT2D eigenvalue weighted by atomic mass is 16.6. The van der Waals surface area contributed by atoms with Gasteiger partial charge in [-0.1, -0.05) is 12.1 Å². The van der Waals surface area contributed by atoms with Gasteiger partial charge in [-0.2, -0.15) is 0 Å². The number of benzene rings is 1. The van der Waals surface area contributed by atoms with Crippen LogP contribution in [0.1, 0.15) is 41.5 Å². The summed E-state index contributed by atoms with van der Waals surface area (Å²) < 4.78 is 10.2. The van der Waals surface area contributed by atoms with Crippen LogP contribution in [0.5, 0.6) is 5.75 Å². The van der Waals surface area contributed by atoms with Gasteiger partial charge < -0.3 is 9.47 Å². The number of fused-ring (bicyclic) bond motifs is 1. The Hall–Kier alpha value is -2.63. The molecule has 0 heterocycles. The highest BCUT2D eigenvalue weighted by Crippen LogP contribution is 2.28. The molecule has 1 aromatic rings. The maximum Gasteiger partial charge on any atom is 0.412 e. The van der Waals surface area contributed by atoms with Crippen LogP contribution in [0.3, 0.4) is 0 Å². The van der Waals surface area contributed by atoms with E-state index in [4.69, 9.17) is 9.47 Å². The van der Waals surface area contributed by atoms with Gasteiger partial charge in [-0.3, -0.25) is 14.9 Å². The van der Waals surface area contributed by atoms with Crippen molar-refractivity contribution in [2.45, 2.75) is 26.4 Å². The number of methoxy groups -OCH3 is 1. The van der Waals surface area contributed by atoms with Gasteiger partial charge in [0.1, 0.15) is 11.4 Å². The Labute approximate surface area is 128 Å². The number of rotatable bonds is 2. The van der Waals surface area contributed by atoms with E-state index in [1.54, 1.807) is 39.0 Å². The number of hydrogen-bond donors (Lipinski definition) is 1. The Kier molecular flexibility index (Phi) is 4.03. The molecule has 0 aliphatic heterocycles. The van der Waals surface area contributed by atoms with E-state index < -0.39 is 17.5 Å². The maximum atomic E-state index is 12.5. The van der Waals surface area contributed by atoms with Crippen molar-refractivity contribution in [1.82, 2.24) is 5.32 Å². The number of ether oxygens (including phenoxy) is 2. The molecule has 0 radical (unpaired) electrons. The molecule has 1 aliphatic rings. The minimum atomic E-state index is -0.793. The monoisotopic (exact) mass is 303 g/mol. The summed E-state index contributed by atoms with van der Waals surface area (Å²) in [6, 6.07) is 4.75. The second-order valence-electron chi connectivity index (χ2n) is 5.76. The Morgan fingerprint density at radius 2 is 1.86 bits per heavy atom. The molecule has 1 N–H and O–H groups in total. The number of Topliss-reactive ketones (excluding diaryl/α,β-unsaturated/α-hetero) is 1. The predicted octanol–water partition coefficient (Wildman–Crippen LogP) is 2.48. The molecule has 22 heavy (non-hydrogen) atoms. The SMILES string of the molecule is COc1cccc2c1C(=O)C(NC(=O)OC(C)(C)C)=CC2=O. The van der Waals surface area contributed by atoms with Crippen molar-refractivity contribution in [2.75, 3.05) is 7.11 Å². The lowest BCUT2D eigenvalue weighted by Gasteiger charge is -2.22. The lowest BCUT2D eigenvalue weighted by molar-refractivity contribution is 0.0539. The summed E-state index contributed by atoms with van der Waals surface area (Å²) in [7, 11) is 1.41. The van der Waals surface area contributed by atoms with Crippen molar-refractivity contribution >= 4 is 17.7 Å². The van der Waals surface area contributed by atoms with Crippen LogP contribution in [0.15, 0.2) is 30.0 Å². The number of alkyl carbamates (subject to hydrolysis) is 1. The lowest BCUT2D eigenvalue weighted by atomic mass is 9.92. The second kappa shape index (κ2) is 5.63. The molecule has 0 saturated heterocycles. The average molecular weight is 303 g/mol. The molecule has 6 nitrogen and oxygen atoms in total. The van der Waals surface area contributed by atoms with Crippen LogP contribution in [-0.2, 0) is 4.74 Å². The van der Waals surface area contributed by atoms with Crippen LogP contribution in [0, 0.1) is 0 Å². The first-order chi connectivity index (χ1) is 10.2. The van der Waals surface area contributed by atoms with Crippen LogP contribution in [0.2, 0.25) is 0 Å². The molecule has 1 aromatic carbocycles. The highest BCUT2D eigenvalue weighted by Gasteiger charge is 2.30. The standard InChI is InChI=1S/C16H17NO5/c1-16(2,3)22-15(20)17-10-8-11(18)9-6-5-7-12(21-4)13(9)14(10)19/h5-8H,1-4H3,(H,17,20). The first-order valence-electron chi connectivity index (χ1n) is 6.70. The topological polar surface area (TPSA) is 81.7 Å². The first-order valence-corrected chi connectivity index (χ1v) is 6.70. The first kappa shape index (κ1) is 15.8. The zero-order valence-corrected chi connectivity index (χ0v) is 12.9. The van der Waals surface area contributed by atoms with Crippen molar-refractivity contribution < 1.29 is 23.9 Å². The summed E-state index contributed by atoms with van der Waals surface area (Å²) in [5.41, 5.74) is -0.444. The Morgan fingerprint density at radius 1 is 1.18 bits per heavy atom. The zero-order valence-electron chi connectivity index (χ0n) is 12.9. The van der Waals surface area contributed by atoms with E-state index in [1.165, 1.54) is 7.11 Å². The molecule has 0 fully saturated rings. The van der Waals surface area contributed by atoms with Gasteiger partial charge in [0.25, 0.3) is 0 Å². The van der Waals surface area contributed by atoms with Gasteiger partial charge in [-0.05, 0) is 26.8 Å². The quantitative estimate of drug-likeness (QED) is 0.907. The minimum absolute atomic E-state index is 0.128. The van der Waals surface area contributed by atoms with Gasteiger partial charge in [0.15, 0.2) is 5.78 Å². The van der Waals surface area contributed by atoms with E-state index in [2.05, 4.69) is 5.32 Å². The van der Waals surface area contributed by atoms with Crippen molar-refractivity contribution in [3.63, 3.8) is 0 Å². The Bertz CT molecular complexity index is 682. The smallest absolute Gasteiger partial charge is 0.412 e. The summed E-state index contributed by atoms with van der Waals surface area (Å²) in [4.78, 5) is 36.3. The van der Waals surface area contributed by atoms with E-state index in [9.17, 15) is 14.4 Å². The molecule has 0 atom stereocenters. The summed E-state index contributed by atoms with van der Waals surface area (Å²) in [6.45, 7) is 5.10. The average Bonchev–Trinajstić information content (AvgIpc) is 2.41. The fourth-order valence-electron chi connectivity index (χ4n) is 2.06. The summed E-state index contributed by atoms with van der Waals surface area (Å²) in [5, 5.41) is 2.32. The Morgan fingerprint density at radius 3 is 2.45 bits per heavy atom. The fraction of sp³-hybridized carbons (Fsp3) is 0.312. The molecule has 0 bridgehead atoms. The van der Waals surface area contributed by atoms with Crippen LogP contribution in [0.25, 0.3) is 0 Å². The van der Waals surface area contributed by atoms with Crippen molar-refractivity contribution in [3.05, 3.63) is 41.1 Å². The third kappa shape index (κ3) is 3.16. The molecule has 0 unspecified atom stereocenters. The number of amides is 1. The highest BCUT2D eigenvalue weighted by molar-refractivity contribution is 6.26. The van der Waals surface area contributed by atoms with Gasteiger partial charge >= 0.3 is 6.09 Å². The lowest BCUT2D eigenvalue weighted by Crippen LogP contribution is -2.36. The van der Waals surface area contributed by atoms with Gasteiger partial charge in [-0.15, -0.1) is 0 Å². The molecular formula is C16H17NO5. The number of carbonyl (C=O) groups is 3. The third-order valence-corrected chi connectivity index (χ3v) is 2.89. The second-order valence-corrected chi connectivity index (χ2v) is 5.76. The number of carbonyl (C=O) groups excluding carboxylic acids is 3. The number of hydrogen-bond acceptors (Lipinski definition) is 5. The van der Waals surface area contributed by atoms with Crippen LogP contribution < -0.4 is 10.1 Å². The third-order valence-electron chi connectivity index (χ3n) is 2.89. The number of ketones is 2.